The van der Waals surface area contributed by atoms with Gasteiger partial charge in [0.05, 0.1) is 16.8 Å². The van der Waals surface area contributed by atoms with E-state index >= 15 is 0 Å². The van der Waals surface area contributed by atoms with Crippen LogP contribution in [0.5, 0.6) is 0 Å². The monoisotopic (exact) mass is 356 g/mol. The molecule has 2 unspecified atom stereocenters. The van der Waals surface area contributed by atoms with Crippen LogP contribution in [0, 0.1) is 5.92 Å². The zero-order valence-corrected chi connectivity index (χ0v) is 14.1. The number of nitrogens with one attached hydrogen (secondary N) is 1. The molecule has 2 aliphatic rings. The molecule has 2 fully saturated rings. The Bertz CT molecular complexity index is 617. The Balaban J connectivity index is 1.62. The van der Waals surface area contributed by atoms with Gasteiger partial charge in [-0.3, -0.25) is 9.59 Å². The number of nitrogens with zero attached hydrogens (tertiary/aromatic N) is 1. The maximum atomic E-state index is 12.5. The van der Waals surface area contributed by atoms with Gasteiger partial charge >= 0.3 is 0 Å². The fourth-order valence-electron chi connectivity index (χ4n) is 3.01. The third kappa shape index (κ3) is 3.62. The smallest absolute Gasteiger partial charge is 0.239 e. The van der Waals surface area contributed by atoms with Gasteiger partial charge in [-0.05, 0) is 37.5 Å². The lowest BCUT2D eigenvalue weighted by Gasteiger charge is -2.18. The summed E-state index contributed by atoms with van der Waals surface area (Å²) in [5.41, 5.74) is 0.593. The Hall–Kier alpha value is -1.30. The molecule has 23 heavy (non-hydrogen) atoms. The van der Waals surface area contributed by atoms with Crippen molar-refractivity contribution >= 4 is 40.7 Å². The Kier molecular flexibility index (Phi) is 5.09. The average molecular weight is 357 g/mol. The van der Waals surface area contributed by atoms with E-state index in [1.165, 1.54) is 0 Å². The summed E-state index contributed by atoms with van der Waals surface area (Å²) in [6.07, 6.45) is 2.52. The van der Waals surface area contributed by atoms with E-state index in [1.807, 2.05) is 0 Å². The number of amides is 2. The highest BCUT2D eigenvalue weighted by Crippen LogP contribution is 2.33. The first-order valence-corrected chi connectivity index (χ1v) is 8.47. The molecular weight excluding hydrogens is 339 g/mol. The van der Waals surface area contributed by atoms with E-state index in [-0.39, 0.29) is 17.9 Å². The van der Waals surface area contributed by atoms with Crippen LogP contribution in [0.2, 0.25) is 10.0 Å². The molecular formula is C16H18Cl2N2O3. The number of rotatable bonds is 4. The van der Waals surface area contributed by atoms with Crippen molar-refractivity contribution in [3.05, 3.63) is 28.2 Å². The van der Waals surface area contributed by atoms with Crippen molar-refractivity contribution in [3.63, 3.8) is 0 Å². The minimum Gasteiger partial charge on any atom is -0.376 e. The van der Waals surface area contributed by atoms with Gasteiger partial charge in [-0.1, -0.05) is 23.2 Å². The molecule has 0 bridgehead atoms. The quantitative estimate of drug-likeness (QED) is 0.843. The minimum absolute atomic E-state index is 0.0669. The van der Waals surface area contributed by atoms with E-state index in [0.717, 1.165) is 19.4 Å². The number of benzene rings is 1. The molecule has 2 atom stereocenters. The molecule has 3 rings (SSSR count). The molecule has 124 valence electrons. The number of hydrogen-bond acceptors (Lipinski definition) is 3. The van der Waals surface area contributed by atoms with Gasteiger partial charge in [-0.25, -0.2) is 0 Å². The van der Waals surface area contributed by atoms with Crippen LogP contribution in [0.1, 0.15) is 19.3 Å². The third-order valence-electron chi connectivity index (χ3n) is 4.25. The van der Waals surface area contributed by atoms with Crippen molar-refractivity contribution in [3.8, 4) is 0 Å². The molecule has 0 saturated carbocycles. The first-order valence-electron chi connectivity index (χ1n) is 7.72. The van der Waals surface area contributed by atoms with Crippen molar-refractivity contribution < 1.29 is 14.3 Å². The Labute approximate surface area is 144 Å². The molecule has 2 aliphatic heterocycles. The maximum Gasteiger partial charge on any atom is 0.239 e. The van der Waals surface area contributed by atoms with Crippen LogP contribution in [-0.4, -0.2) is 37.6 Å². The van der Waals surface area contributed by atoms with Crippen LogP contribution in [0.4, 0.5) is 5.69 Å². The summed E-state index contributed by atoms with van der Waals surface area (Å²) in [4.78, 5) is 26.3. The van der Waals surface area contributed by atoms with E-state index in [4.69, 9.17) is 27.9 Å². The van der Waals surface area contributed by atoms with Crippen LogP contribution in [-0.2, 0) is 14.3 Å². The molecule has 2 amide bonds. The van der Waals surface area contributed by atoms with Crippen LogP contribution in [0.25, 0.3) is 0 Å². The lowest BCUT2D eigenvalue weighted by molar-refractivity contribution is -0.132. The molecule has 0 radical (unpaired) electrons. The second kappa shape index (κ2) is 7.07. The molecule has 0 aromatic heterocycles. The van der Waals surface area contributed by atoms with Crippen LogP contribution >= 0.6 is 23.2 Å². The molecule has 1 aromatic rings. The summed E-state index contributed by atoms with van der Waals surface area (Å²) < 4.78 is 5.47. The predicted molar refractivity (Wildman–Crippen MR) is 88.9 cm³/mol. The van der Waals surface area contributed by atoms with Crippen LogP contribution in [0.15, 0.2) is 18.2 Å². The minimum atomic E-state index is -0.664. The van der Waals surface area contributed by atoms with Crippen molar-refractivity contribution in [2.24, 2.45) is 5.92 Å². The Morgan fingerprint density at radius 3 is 2.87 bits per heavy atom. The van der Waals surface area contributed by atoms with E-state index in [9.17, 15) is 9.59 Å². The van der Waals surface area contributed by atoms with E-state index in [0.29, 0.717) is 35.2 Å². The second-order valence-corrected chi connectivity index (χ2v) is 6.65. The number of halogens is 2. The first kappa shape index (κ1) is 16.6. The third-order valence-corrected chi connectivity index (χ3v) is 4.79. The average Bonchev–Trinajstić information content (AvgIpc) is 3.15. The van der Waals surface area contributed by atoms with E-state index in [2.05, 4.69) is 5.32 Å². The van der Waals surface area contributed by atoms with Gasteiger partial charge in [0.1, 0.15) is 5.92 Å². The lowest BCUT2D eigenvalue weighted by Crippen LogP contribution is -2.40. The van der Waals surface area contributed by atoms with Gasteiger partial charge in [0, 0.05) is 24.7 Å². The number of ether oxygens (including phenoxy) is 1. The summed E-state index contributed by atoms with van der Waals surface area (Å²) in [7, 11) is 0. The number of carbonyl (C=O) groups is 2. The van der Waals surface area contributed by atoms with Gasteiger partial charge < -0.3 is 15.0 Å². The fraction of sp³-hybridized carbons (Fsp3) is 0.500. The predicted octanol–water partition coefficient (Wildman–Crippen LogP) is 2.64. The molecule has 7 heteroatoms. The molecule has 0 spiro atoms. The normalized spacial score (nSPS) is 24.3. The van der Waals surface area contributed by atoms with E-state index < -0.39 is 5.92 Å². The number of carbonyl (C=O) groups excluding carboxylic acids is 2. The molecule has 5 nitrogen and oxygen atoms in total. The molecule has 1 aromatic carbocycles. The van der Waals surface area contributed by atoms with E-state index in [1.54, 1.807) is 23.1 Å². The fourth-order valence-corrected chi connectivity index (χ4v) is 3.52. The summed E-state index contributed by atoms with van der Waals surface area (Å²) >= 11 is 12.0. The summed E-state index contributed by atoms with van der Waals surface area (Å²) in [6.45, 7) is 1.67. The van der Waals surface area contributed by atoms with Gasteiger partial charge in [0.2, 0.25) is 11.8 Å². The summed E-state index contributed by atoms with van der Waals surface area (Å²) in [5.74, 6) is -1.12. The highest BCUT2D eigenvalue weighted by molar-refractivity contribution is 6.37. The summed E-state index contributed by atoms with van der Waals surface area (Å²) in [5, 5.41) is 3.75. The number of anilines is 1. The standard InChI is InChI=1S/C16H18Cl2N2O3/c17-10-3-4-14(13(18)8-10)20-6-5-12(16(20)22)15(21)19-9-11-2-1-7-23-11/h3-4,8,11-12H,1-2,5-7,9H2,(H,19,21). The first-order chi connectivity index (χ1) is 11.1. The summed E-state index contributed by atoms with van der Waals surface area (Å²) in [6, 6.07) is 4.98. The lowest BCUT2D eigenvalue weighted by atomic mass is 10.1. The molecule has 1 N–H and O–H groups in total. The van der Waals surface area contributed by atoms with Gasteiger partial charge in [0.15, 0.2) is 0 Å². The zero-order valence-electron chi connectivity index (χ0n) is 12.6. The topological polar surface area (TPSA) is 58.6 Å². The van der Waals surface area contributed by atoms with Crippen molar-refractivity contribution in [1.29, 1.82) is 0 Å². The second-order valence-electron chi connectivity index (χ2n) is 5.81. The van der Waals surface area contributed by atoms with Crippen molar-refractivity contribution in [1.82, 2.24) is 5.32 Å². The highest BCUT2D eigenvalue weighted by Gasteiger charge is 2.38. The Morgan fingerprint density at radius 1 is 1.35 bits per heavy atom. The van der Waals surface area contributed by atoms with Gasteiger partial charge in [-0.15, -0.1) is 0 Å². The number of hydrogen-bond donors (Lipinski definition) is 1. The van der Waals surface area contributed by atoms with Crippen molar-refractivity contribution in [2.45, 2.75) is 25.4 Å². The van der Waals surface area contributed by atoms with Crippen molar-refractivity contribution in [2.75, 3.05) is 24.6 Å². The van der Waals surface area contributed by atoms with Gasteiger partial charge in [0.25, 0.3) is 0 Å². The highest BCUT2D eigenvalue weighted by atomic mass is 35.5. The van der Waals surface area contributed by atoms with Crippen LogP contribution in [0.3, 0.4) is 0 Å². The zero-order chi connectivity index (χ0) is 16.4. The molecule has 2 heterocycles. The Morgan fingerprint density at radius 2 is 2.17 bits per heavy atom. The van der Waals surface area contributed by atoms with Crippen LogP contribution < -0.4 is 10.2 Å². The van der Waals surface area contributed by atoms with Gasteiger partial charge in [-0.2, -0.15) is 0 Å². The largest absolute Gasteiger partial charge is 0.376 e. The SMILES string of the molecule is O=C(NCC1CCCO1)C1CCN(c2ccc(Cl)cc2Cl)C1=O. The molecule has 2 saturated heterocycles. The maximum absolute atomic E-state index is 12.5. The molecule has 0 aliphatic carbocycles.